The van der Waals surface area contributed by atoms with Crippen molar-refractivity contribution in [3.63, 3.8) is 0 Å². The summed E-state index contributed by atoms with van der Waals surface area (Å²) in [4.78, 5) is 7.12. The predicted octanol–water partition coefficient (Wildman–Crippen LogP) is 2.09. The van der Waals surface area contributed by atoms with Crippen LogP contribution in [0.15, 0.2) is 4.99 Å². The van der Waals surface area contributed by atoms with E-state index in [0.29, 0.717) is 11.5 Å². The summed E-state index contributed by atoms with van der Waals surface area (Å²) in [6.45, 7) is 17.7. The fourth-order valence-electron chi connectivity index (χ4n) is 2.40. The molecule has 1 fully saturated rings. The summed E-state index contributed by atoms with van der Waals surface area (Å²) in [5, 5.41) is 6.87. The van der Waals surface area contributed by atoms with Gasteiger partial charge in [0, 0.05) is 32.2 Å². The van der Waals surface area contributed by atoms with Crippen molar-refractivity contribution in [1.29, 1.82) is 0 Å². The predicted molar refractivity (Wildman–Crippen MR) is 94.5 cm³/mol. The minimum atomic E-state index is 0.391. The molecule has 1 rings (SSSR count). The highest BCUT2D eigenvalue weighted by Crippen LogP contribution is 2.21. The van der Waals surface area contributed by atoms with Gasteiger partial charge in [-0.25, -0.2) is 0 Å². The van der Waals surface area contributed by atoms with Crippen LogP contribution in [-0.4, -0.2) is 62.8 Å². The molecule has 5 heteroatoms. The van der Waals surface area contributed by atoms with Crippen LogP contribution in [0.2, 0.25) is 0 Å². The van der Waals surface area contributed by atoms with Crippen LogP contribution in [0.4, 0.5) is 0 Å². The Hall–Kier alpha value is -0.810. The minimum Gasteiger partial charge on any atom is -0.379 e. The van der Waals surface area contributed by atoms with E-state index in [2.05, 4.69) is 50.2 Å². The summed E-state index contributed by atoms with van der Waals surface area (Å²) in [5.41, 5.74) is 0.391. The lowest BCUT2D eigenvalue weighted by atomic mass is 9.89. The first kappa shape index (κ1) is 19.2. The molecule has 1 heterocycles. The molecule has 1 saturated heterocycles. The van der Waals surface area contributed by atoms with Crippen molar-refractivity contribution < 1.29 is 4.74 Å². The fraction of sp³-hybridized carbons (Fsp3) is 0.941. The average Bonchev–Trinajstić information content (AvgIpc) is 2.46. The lowest BCUT2D eigenvalue weighted by Gasteiger charge is -2.26. The van der Waals surface area contributed by atoms with Crippen molar-refractivity contribution in [1.82, 2.24) is 15.5 Å². The van der Waals surface area contributed by atoms with Crippen LogP contribution in [0.3, 0.4) is 0 Å². The van der Waals surface area contributed by atoms with Gasteiger partial charge in [0.15, 0.2) is 5.96 Å². The Kier molecular flexibility index (Phi) is 8.79. The molecule has 0 aromatic carbocycles. The maximum Gasteiger partial charge on any atom is 0.191 e. The lowest BCUT2D eigenvalue weighted by molar-refractivity contribution is 0.0394. The number of guanidine groups is 1. The third-order valence-electron chi connectivity index (χ3n) is 3.84. The van der Waals surface area contributed by atoms with Crippen molar-refractivity contribution >= 4 is 5.96 Å². The number of nitrogens with zero attached hydrogens (tertiary/aromatic N) is 2. The van der Waals surface area contributed by atoms with Gasteiger partial charge in [-0.2, -0.15) is 0 Å². The van der Waals surface area contributed by atoms with E-state index in [0.717, 1.165) is 58.3 Å². The van der Waals surface area contributed by atoms with Crippen LogP contribution in [0.1, 0.15) is 47.5 Å². The number of hydrogen-bond donors (Lipinski definition) is 2. The first-order valence-corrected chi connectivity index (χ1v) is 8.75. The summed E-state index contributed by atoms with van der Waals surface area (Å²) in [6.07, 6.45) is 2.38. The third kappa shape index (κ3) is 9.26. The number of ether oxygens (including phenoxy) is 1. The normalized spacial score (nSPS) is 19.0. The monoisotopic (exact) mass is 312 g/mol. The van der Waals surface area contributed by atoms with E-state index in [1.165, 1.54) is 6.42 Å². The Morgan fingerprint density at radius 3 is 2.55 bits per heavy atom. The lowest BCUT2D eigenvalue weighted by Crippen LogP contribution is -2.43. The van der Waals surface area contributed by atoms with Crippen LogP contribution >= 0.6 is 0 Å². The van der Waals surface area contributed by atoms with E-state index in [-0.39, 0.29) is 0 Å². The second-order valence-corrected chi connectivity index (χ2v) is 7.36. The molecule has 1 atom stereocenters. The SMILES string of the molecule is CCNC(=NCCN1CCOCC1)NC(C)CCC(C)(C)C. The summed E-state index contributed by atoms with van der Waals surface area (Å²) in [6, 6.07) is 0.445. The van der Waals surface area contributed by atoms with Crippen molar-refractivity contribution in [3.8, 4) is 0 Å². The second-order valence-electron chi connectivity index (χ2n) is 7.36. The van der Waals surface area contributed by atoms with E-state index in [1.54, 1.807) is 0 Å². The molecule has 0 aromatic rings. The summed E-state index contributed by atoms with van der Waals surface area (Å²) in [5.74, 6) is 0.942. The quantitative estimate of drug-likeness (QED) is 0.558. The number of morpholine rings is 1. The molecule has 22 heavy (non-hydrogen) atoms. The van der Waals surface area contributed by atoms with Crippen molar-refractivity contribution in [2.45, 2.75) is 53.5 Å². The summed E-state index contributed by atoms with van der Waals surface area (Å²) >= 11 is 0. The Balaban J connectivity index is 2.33. The van der Waals surface area contributed by atoms with E-state index in [4.69, 9.17) is 9.73 Å². The highest BCUT2D eigenvalue weighted by Gasteiger charge is 2.13. The van der Waals surface area contributed by atoms with Gasteiger partial charge in [-0.15, -0.1) is 0 Å². The highest BCUT2D eigenvalue weighted by molar-refractivity contribution is 5.80. The molecule has 0 bridgehead atoms. The highest BCUT2D eigenvalue weighted by atomic mass is 16.5. The summed E-state index contributed by atoms with van der Waals surface area (Å²) in [7, 11) is 0. The molecule has 1 unspecified atom stereocenters. The molecular formula is C17H36N4O. The van der Waals surface area contributed by atoms with Gasteiger partial charge < -0.3 is 15.4 Å². The molecule has 0 amide bonds. The van der Waals surface area contributed by atoms with Crippen LogP contribution in [0.5, 0.6) is 0 Å². The summed E-state index contributed by atoms with van der Waals surface area (Å²) < 4.78 is 5.37. The maximum absolute atomic E-state index is 5.37. The topological polar surface area (TPSA) is 48.9 Å². The molecule has 0 aliphatic carbocycles. The van der Waals surface area contributed by atoms with Crippen LogP contribution in [0.25, 0.3) is 0 Å². The van der Waals surface area contributed by atoms with Crippen LogP contribution in [0, 0.1) is 5.41 Å². The van der Waals surface area contributed by atoms with Crippen molar-refractivity contribution in [2.75, 3.05) is 45.9 Å². The number of aliphatic imine (C=N–C) groups is 1. The standard InChI is InChI=1S/C17H36N4O/c1-6-18-16(20-15(2)7-8-17(3,4)5)19-9-10-21-11-13-22-14-12-21/h15H,6-14H2,1-5H3,(H2,18,19,20). The number of rotatable bonds is 7. The van der Waals surface area contributed by atoms with Gasteiger partial charge in [0.1, 0.15) is 0 Å². The molecule has 130 valence electrons. The van der Waals surface area contributed by atoms with Gasteiger partial charge in [-0.3, -0.25) is 9.89 Å². The molecule has 0 radical (unpaired) electrons. The van der Waals surface area contributed by atoms with Gasteiger partial charge in [-0.05, 0) is 32.1 Å². The average molecular weight is 313 g/mol. The molecule has 0 saturated carbocycles. The van der Waals surface area contributed by atoms with Crippen molar-refractivity contribution in [3.05, 3.63) is 0 Å². The van der Waals surface area contributed by atoms with Gasteiger partial charge in [0.25, 0.3) is 0 Å². The minimum absolute atomic E-state index is 0.391. The number of hydrogen-bond acceptors (Lipinski definition) is 3. The Bertz CT molecular complexity index is 319. The van der Waals surface area contributed by atoms with E-state index in [1.807, 2.05) is 0 Å². The third-order valence-corrected chi connectivity index (χ3v) is 3.84. The largest absolute Gasteiger partial charge is 0.379 e. The van der Waals surface area contributed by atoms with Gasteiger partial charge in [0.05, 0.1) is 19.8 Å². The van der Waals surface area contributed by atoms with Crippen LogP contribution < -0.4 is 10.6 Å². The molecule has 0 aromatic heterocycles. The molecule has 0 spiro atoms. The Morgan fingerprint density at radius 2 is 1.95 bits per heavy atom. The zero-order chi connectivity index (χ0) is 16.4. The first-order valence-electron chi connectivity index (χ1n) is 8.75. The maximum atomic E-state index is 5.37. The van der Waals surface area contributed by atoms with Gasteiger partial charge >= 0.3 is 0 Å². The fourth-order valence-corrected chi connectivity index (χ4v) is 2.40. The van der Waals surface area contributed by atoms with Gasteiger partial charge in [0.2, 0.25) is 0 Å². The molecular weight excluding hydrogens is 276 g/mol. The smallest absolute Gasteiger partial charge is 0.191 e. The Morgan fingerprint density at radius 1 is 1.27 bits per heavy atom. The molecule has 2 N–H and O–H groups in total. The Labute approximate surface area is 136 Å². The van der Waals surface area contributed by atoms with E-state index < -0.39 is 0 Å². The number of nitrogens with one attached hydrogen (secondary N) is 2. The van der Waals surface area contributed by atoms with Gasteiger partial charge in [-0.1, -0.05) is 20.8 Å². The van der Waals surface area contributed by atoms with E-state index >= 15 is 0 Å². The van der Waals surface area contributed by atoms with Crippen molar-refractivity contribution in [2.24, 2.45) is 10.4 Å². The zero-order valence-corrected chi connectivity index (χ0v) is 15.2. The van der Waals surface area contributed by atoms with Crippen LogP contribution in [-0.2, 0) is 4.74 Å². The molecule has 5 nitrogen and oxygen atoms in total. The molecule has 1 aliphatic heterocycles. The second kappa shape index (κ2) is 10.1. The first-order chi connectivity index (χ1) is 10.4. The molecule has 1 aliphatic rings. The zero-order valence-electron chi connectivity index (χ0n) is 15.2. The van der Waals surface area contributed by atoms with E-state index in [9.17, 15) is 0 Å².